The molecule has 4 heteroatoms. The molecule has 2 nitrogen and oxygen atoms in total. The van der Waals surface area contributed by atoms with Gasteiger partial charge in [-0.3, -0.25) is 0 Å². The summed E-state index contributed by atoms with van der Waals surface area (Å²) in [5.74, 6) is 0.268. The first kappa shape index (κ1) is 14.4. The molecule has 110 valence electrons. The third kappa shape index (κ3) is 3.20. The van der Waals surface area contributed by atoms with E-state index in [-0.39, 0.29) is 12.4 Å². The van der Waals surface area contributed by atoms with Gasteiger partial charge in [0.25, 0.3) is 0 Å². The van der Waals surface area contributed by atoms with Crippen molar-refractivity contribution in [2.45, 2.75) is 32.0 Å². The number of fused-ring (bicyclic) bond motifs is 1. The molecule has 0 aromatic heterocycles. The van der Waals surface area contributed by atoms with Crippen LogP contribution in [0.2, 0.25) is 5.02 Å². The Morgan fingerprint density at radius 1 is 1.24 bits per heavy atom. The number of hydrogen-bond donors (Lipinski definition) is 1. The van der Waals surface area contributed by atoms with Gasteiger partial charge < -0.3 is 9.84 Å². The molecule has 0 spiro atoms. The number of ether oxygens (including phenoxy) is 1. The number of hydrogen-bond acceptors (Lipinski definition) is 2. The maximum absolute atomic E-state index is 13.7. The zero-order chi connectivity index (χ0) is 14.8. The van der Waals surface area contributed by atoms with Crippen molar-refractivity contribution in [2.75, 3.05) is 0 Å². The molecule has 0 radical (unpaired) electrons. The Hall–Kier alpha value is -1.58. The minimum Gasteiger partial charge on any atom is -0.489 e. The molecule has 1 aliphatic carbocycles. The Kier molecular flexibility index (Phi) is 4.13. The highest BCUT2D eigenvalue weighted by molar-refractivity contribution is 6.30. The van der Waals surface area contributed by atoms with Crippen LogP contribution in [0.5, 0.6) is 5.75 Å². The summed E-state index contributed by atoms with van der Waals surface area (Å²) in [6, 6.07) is 10.2. The summed E-state index contributed by atoms with van der Waals surface area (Å²) in [4.78, 5) is 0. The van der Waals surface area contributed by atoms with E-state index in [0.717, 1.165) is 24.8 Å². The van der Waals surface area contributed by atoms with Gasteiger partial charge in [0.05, 0.1) is 6.10 Å². The van der Waals surface area contributed by atoms with Crippen molar-refractivity contribution >= 4 is 11.6 Å². The molecule has 1 atom stereocenters. The summed E-state index contributed by atoms with van der Waals surface area (Å²) in [6.07, 6.45) is 2.34. The van der Waals surface area contributed by atoms with Crippen LogP contribution in [0.25, 0.3) is 0 Å². The molecule has 0 amide bonds. The lowest BCUT2D eigenvalue weighted by atomic mass is 9.89. The summed E-state index contributed by atoms with van der Waals surface area (Å²) in [5, 5.41) is 10.4. The molecule has 1 N–H and O–H groups in total. The lowest BCUT2D eigenvalue weighted by Crippen LogP contribution is -2.09. The second kappa shape index (κ2) is 6.04. The van der Waals surface area contributed by atoms with Crippen molar-refractivity contribution in [1.29, 1.82) is 0 Å². The van der Waals surface area contributed by atoms with Crippen LogP contribution >= 0.6 is 11.6 Å². The lowest BCUT2D eigenvalue weighted by Gasteiger charge is -2.22. The van der Waals surface area contributed by atoms with Crippen molar-refractivity contribution in [1.82, 2.24) is 0 Å². The molecule has 2 aromatic carbocycles. The van der Waals surface area contributed by atoms with Gasteiger partial charge in [-0.15, -0.1) is 0 Å². The van der Waals surface area contributed by atoms with E-state index in [4.69, 9.17) is 16.3 Å². The second-order valence-electron chi connectivity index (χ2n) is 5.29. The van der Waals surface area contributed by atoms with Crippen molar-refractivity contribution in [3.8, 4) is 5.75 Å². The highest BCUT2D eigenvalue weighted by atomic mass is 35.5. The van der Waals surface area contributed by atoms with Gasteiger partial charge >= 0.3 is 0 Å². The monoisotopic (exact) mass is 306 g/mol. The predicted molar refractivity (Wildman–Crippen MR) is 80.1 cm³/mol. The number of benzene rings is 2. The standard InChI is InChI=1S/C17H16ClFO2/c18-13-6-4-12(16(19)8-13)10-21-14-7-5-11-2-1-3-17(20)15(11)9-14/h4-9,17,20H,1-3,10H2. The first-order valence-electron chi connectivity index (χ1n) is 7.01. The first-order valence-corrected chi connectivity index (χ1v) is 7.39. The summed E-state index contributed by atoms with van der Waals surface area (Å²) < 4.78 is 19.3. The Balaban J connectivity index is 1.75. The van der Waals surface area contributed by atoms with Crippen molar-refractivity contribution in [3.05, 3.63) is 63.9 Å². The average Bonchev–Trinajstić information content (AvgIpc) is 2.47. The molecule has 0 heterocycles. The number of rotatable bonds is 3. The maximum Gasteiger partial charge on any atom is 0.131 e. The first-order chi connectivity index (χ1) is 10.1. The van der Waals surface area contributed by atoms with E-state index in [1.54, 1.807) is 12.1 Å². The molecule has 2 aromatic rings. The van der Waals surface area contributed by atoms with Gasteiger partial charge in [0, 0.05) is 10.6 Å². The molecule has 0 bridgehead atoms. The molecular formula is C17H16ClFO2. The fraction of sp³-hybridized carbons (Fsp3) is 0.294. The fourth-order valence-corrected chi connectivity index (χ4v) is 2.80. The van der Waals surface area contributed by atoms with Crippen LogP contribution in [0.15, 0.2) is 36.4 Å². The maximum atomic E-state index is 13.7. The van der Waals surface area contributed by atoms with Gasteiger partial charge in [0.2, 0.25) is 0 Å². The Bertz CT molecular complexity index is 657. The molecule has 1 aliphatic rings. The third-order valence-corrected chi connectivity index (χ3v) is 4.04. The van der Waals surface area contributed by atoms with Gasteiger partial charge in [0.15, 0.2) is 0 Å². The molecule has 0 saturated carbocycles. The molecule has 3 rings (SSSR count). The van der Waals surface area contributed by atoms with Crippen LogP contribution < -0.4 is 4.74 Å². The van der Waals surface area contributed by atoms with E-state index in [1.807, 2.05) is 18.2 Å². The zero-order valence-electron chi connectivity index (χ0n) is 11.5. The van der Waals surface area contributed by atoms with E-state index in [9.17, 15) is 9.50 Å². The van der Waals surface area contributed by atoms with E-state index in [2.05, 4.69) is 0 Å². The van der Waals surface area contributed by atoms with Gasteiger partial charge in [-0.05, 0) is 54.7 Å². The van der Waals surface area contributed by atoms with Gasteiger partial charge in [0.1, 0.15) is 18.2 Å². The Labute approximate surface area is 128 Å². The molecule has 21 heavy (non-hydrogen) atoms. The van der Waals surface area contributed by atoms with Gasteiger partial charge in [-0.25, -0.2) is 4.39 Å². The lowest BCUT2D eigenvalue weighted by molar-refractivity contribution is 0.156. The molecule has 0 aliphatic heterocycles. The van der Waals surface area contributed by atoms with Gasteiger partial charge in [-0.2, -0.15) is 0 Å². The SMILES string of the molecule is OC1CCCc2ccc(OCc3ccc(Cl)cc3F)cc21. The fourth-order valence-electron chi connectivity index (χ4n) is 2.64. The summed E-state index contributed by atoms with van der Waals surface area (Å²) in [6.45, 7) is 0.137. The number of halogens is 2. The summed E-state index contributed by atoms with van der Waals surface area (Å²) >= 11 is 5.72. The smallest absolute Gasteiger partial charge is 0.131 e. The van der Waals surface area contributed by atoms with Crippen molar-refractivity contribution < 1.29 is 14.2 Å². The van der Waals surface area contributed by atoms with E-state index >= 15 is 0 Å². The van der Waals surface area contributed by atoms with E-state index in [1.165, 1.54) is 11.6 Å². The van der Waals surface area contributed by atoms with Crippen LogP contribution in [-0.4, -0.2) is 5.11 Å². The molecule has 0 saturated heterocycles. The van der Waals surface area contributed by atoms with Crippen LogP contribution in [0.1, 0.15) is 35.6 Å². The van der Waals surface area contributed by atoms with E-state index < -0.39 is 6.10 Å². The average molecular weight is 307 g/mol. The van der Waals surface area contributed by atoms with E-state index in [0.29, 0.717) is 16.3 Å². The summed E-state index contributed by atoms with van der Waals surface area (Å²) in [7, 11) is 0. The minimum atomic E-state index is -0.426. The van der Waals surface area contributed by atoms with Crippen LogP contribution in [0.4, 0.5) is 4.39 Å². The molecule has 1 unspecified atom stereocenters. The Morgan fingerprint density at radius 2 is 2.10 bits per heavy atom. The number of aliphatic hydroxyl groups is 1. The van der Waals surface area contributed by atoms with Gasteiger partial charge in [-0.1, -0.05) is 23.7 Å². The molecule has 0 fully saturated rings. The zero-order valence-corrected chi connectivity index (χ0v) is 12.2. The normalized spacial score (nSPS) is 17.4. The quantitative estimate of drug-likeness (QED) is 0.909. The van der Waals surface area contributed by atoms with Crippen LogP contribution in [0.3, 0.4) is 0 Å². The van der Waals surface area contributed by atoms with Crippen molar-refractivity contribution in [2.24, 2.45) is 0 Å². The largest absolute Gasteiger partial charge is 0.489 e. The third-order valence-electron chi connectivity index (χ3n) is 3.81. The van der Waals surface area contributed by atoms with Crippen molar-refractivity contribution in [3.63, 3.8) is 0 Å². The topological polar surface area (TPSA) is 29.5 Å². The molecular weight excluding hydrogens is 291 g/mol. The predicted octanol–water partition coefficient (Wildman–Crippen LogP) is 4.43. The highest BCUT2D eigenvalue weighted by Gasteiger charge is 2.18. The van der Waals surface area contributed by atoms with Crippen LogP contribution in [-0.2, 0) is 13.0 Å². The second-order valence-corrected chi connectivity index (χ2v) is 5.73. The Morgan fingerprint density at radius 3 is 2.90 bits per heavy atom. The minimum absolute atomic E-state index is 0.137. The summed E-state index contributed by atoms with van der Waals surface area (Å²) in [5.41, 5.74) is 2.55. The number of aliphatic hydroxyl groups excluding tert-OH is 1. The number of aryl methyl sites for hydroxylation is 1. The van der Waals surface area contributed by atoms with Crippen LogP contribution in [0, 0.1) is 5.82 Å². The highest BCUT2D eigenvalue weighted by Crippen LogP contribution is 2.32.